The van der Waals surface area contributed by atoms with E-state index in [0.29, 0.717) is 28.4 Å². The summed E-state index contributed by atoms with van der Waals surface area (Å²) in [5.74, 6) is -1.90. The number of aliphatic hydroxyl groups excluding tert-OH is 1. The lowest BCUT2D eigenvalue weighted by molar-refractivity contribution is 0.0947. The standard InChI is InChI=1S/C16H18F2N2O2S/c1-2-10(5-6-21)8-19-15(22)14-9-20-16(23-14)11-3-4-12(17)13(18)7-11/h3-4,7,9-10,21H,2,5-6,8H2,1H3,(H,19,22). The molecule has 0 saturated heterocycles. The third-order valence-electron chi connectivity index (χ3n) is 3.56. The van der Waals surface area contributed by atoms with E-state index in [-0.39, 0.29) is 18.4 Å². The minimum Gasteiger partial charge on any atom is -0.396 e. The number of hydrogen-bond acceptors (Lipinski definition) is 4. The molecule has 4 nitrogen and oxygen atoms in total. The summed E-state index contributed by atoms with van der Waals surface area (Å²) in [5, 5.41) is 12.2. The van der Waals surface area contributed by atoms with Gasteiger partial charge in [0, 0.05) is 18.7 Å². The number of amides is 1. The molecule has 2 aromatic rings. The van der Waals surface area contributed by atoms with Gasteiger partial charge in [0.15, 0.2) is 11.6 Å². The highest BCUT2D eigenvalue weighted by atomic mass is 32.1. The van der Waals surface area contributed by atoms with E-state index in [0.717, 1.165) is 29.9 Å². The van der Waals surface area contributed by atoms with Crippen molar-refractivity contribution in [3.63, 3.8) is 0 Å². The molecule has 1 aromatic carbocycles. The smallest absolute Gasteiger partial charge is 0.263 e. The van der Waals surface area contributed by atoms with Gasteiger partial charge in [-0.2, -0.15) is 0 Å². The SMILES string of the molecule is CCC(CCO)CNC(=O)c1cnc(-c2ccc(F)c(F)c2)s1. The molecule has 1 atom stereocenters. The van der Waals surface area contributed by atoms with Gasteiger partial charge in [-0.3, -0.25) is 4.79 Å². The topological polar surface area (TPSA) is 62.2 Å². The minimum absolute atomic E-state index is 0.0925. The predicted octanol–water partition coefficient (Wildman–Crippen LogP) is 3.23. The van der Waals surface area contributed by atoms with Crippen molar-refractivity contribution < 1.29 is 18.7 Å². The average molecular weight is 340 g/mol. The van der Waals surface area contributed by atoms with Gasteiger partial charge in [-0.25, -0.2) is 13.8 Å². The van der Waals surface area contributed by atoms with E-state index in [4.69, 9.17) is 5.11 Å². The van der Waals surface area contributed by atoms with Gasteiger partial charge in [0.05, 0.1) is 6.20 Å². The second kappa shape index (κ2) is 8.12. The van der Waals surface area contributed by atoms with Crippen LogP contribution in [-0.2, 0) is 0 Å². The maximum Gasteiger partial charge on any atom is 0.263 e. The molecule has 1 unspecified atom stereocenters. The van der Waals surface area contributed by atoms with E-state index in [1.807, 2.05) is 6.92 Å². The molecule has 0 saturated carbocycles. The zero-order valence-electron chi connectivity index (χ0n) is 12.7. The Labute approximate surface area is 137 Å². The second-order valence-electron chi connectivity index (χ2n) is 5.16. The molecule has 0 radical (unpaired) electrons. The molecule has 0 fully saturated rings. The number of hydrogen-bond donors (Lipinski definition) is 2. The Hall–Kier alpha value is -1.86. The van der Waals surface area contributed by atoms with Crippen molar-refractivity contribution in [2.45, 2.75) is 19.8 Å². The van der Waals surface area contributed by atoms with Gasteiger partial charge in [-0.05, 0) is 30.5 Å². The summed E-state index contributed by atoms with van der Waals surface area (Å²) in [4.78, 5) is 16.6. The summed E-state index contributed by atoms with van der Waals surface area (Å²) in [6.45, 7) is 2.57. The first-order chi connectivity index (χ1) is 11.0. The Morgan fingerprint density at radius 3 is 2.83 bits per heavy atom. The van der Waals surface area contributed by atoms with Crippen LogP contribution in [0.4, 0.5) is 8.78 Å². The fourth-order valence-electron chi connectivity index (χ4n) is 2.10. The summed E-state index contributed by atoms with van der Waals surface area (Å²) in [6, 6.07) is 3.52. The van der Waals surface area contributed by atoms with E-state index >= 15 is 0 Å². The number of halogens is 2. The number of benzene rings is 1. The van der Waals surface area contributed by atoms with Crippen molar-refractivity contribution in [1.82, 2.24) is 10.3 Å². The quantitative estimate of drug-likeness (QED) is 0.813. The van der Waals surface area contributed by atoms with Crippen LogP contribution in [0.1, 0.15) is 29.4 Å². The maximum atomic E-state index is 13.3. The fraction of sp³-hybridized carbons (Fsp3) is 0.375. The van der Waals surface area contributed by atoms with Gasteiger partial charge in [-0.1, -0.05) is 13.3 Å². The number of nitrogens with zero attached hydrogens (tertiary/aromatic N) is 1. The van der Waals surface area contributed by atoms with Crippen LogP contribution in [0.25, 0.3) is 10.6 Å². The Balaban J connectivity index is 2.03. The van der Waals surface area contributed by atoms with Crippen LogP contribution in [0, 0.1) is 17.6 Å². The van der Waals surface area contributed by atoms with Gasteiger partial charge in [0.1, 0.15) is 9.88 Å². The van der Waals surface area contributed by atoms with Crippen LogP contribution in [0.2, 0.25) is 0 Å². The van der Waals surface area contributed by atoms with E-state index in [1.54, 1.807) is 0 Å². The first-order valence-electron chi connectivity index (χ1n) is 7.35. The number of carbonyl (C=O) groups excluding carboxylic acids is 1. The Morgan fingerprint density at radius 1 is 1.39 bits per heavy atom. The van der Waals surface area contributed by atoms with Gasteiger partial charge in [0.2, 0.25) is 0 Å². The Morgan fingerprint density at radius 2 is 2.17 bits per heavy atom. The highest BCUT2D eigenvalue weighted by Gasteiger charge is 2.14. The number of rotatable bonds is 7. The van der Waals surface area contributed by atoms with Gasteiger partial charge >= 0.3 is 0 Å². The average Bonchev–Trinajstić information content (AvgIpc) is 3.03. The summed E-state index contributed by atoms with van der Waals surface area (Å²) in [5.41, 5.74) is 0.430. The number of aromatic nitrogens is 1. The van der Waals surface area contributed by atoms with E-state index in [1.165, 1.54) is 12.3 Å². The predicted molar refractivity (Wildman–Crippen MR) is 85.3 cm³/mol. The monoisotopic (exact) mass is 340 g/mol. The second-order valence-corrected chi connectivity index (χ2v) is 6.19. The lowest BCUT2D eigenvalue weighted by Crippen LogP contribution is -2.29. The molecule has 0 aliphatic heterocycles. The van der Waals surface area contributed by atoms with E-state index < -0.39 is 11.6 Å². The summed E-state index contributed by atoms with van der Waals surface area (Å²) in [7, 11) is 0. The molecule has 1 amide bonds. The number of aliphatic hydroxyl groups is 1. The highest BCUT2D eigenvalue weighted by Crippen LogP contribution is 2.26. The Kier molecular flexibility index (Phi) is 6.18. The molecule has 1 heterocycles. The normalized spacial score (nSPS) is 12.2. The van der Waals surface area contributed by atoms with Crippen LogP contribution >= 0.6 is 11.3 Å². The van der Waals surface area contributed by atoms with Crippen molar-refractivity contribution in [3.8, 4) is 10.6 Å². The molecule has 23 heavy (non-hydrogen) atoms. The third-order valence-corrected chi connectivity index (χ3v) is 4.61. The molecule has 1 aromatic heterocycles. The number of carbonyl (C=O) groups is 1. The molecule has 2 N–H and O–H groups in total. The van der Waals surface area contributed by atoms with Crippen LogP contribution in [-0.4, -0.2) is 29.1 Å². The molecule has 0 aliphatic rings. The van der Waals surface area contributed by atoms with Crippen LogP contribution in [0.15, 0.2) is 24.4 Å². The molecular formula is C16H18F2N2O2S. The van der Waals surface area contributed by atoms with Crippen molar-refractivity contribution in [3.05, 3.63) is 40.9 Å². The molecular weight excluding hydrogens is 322 g/mol. The van der Waals surface area contributed by atoms with Gasteiger partial charge < -0.3 is 10.4 Å². The largest absolute Gasteiger partial charge is 0.396 e. The minimum atomic E-state index is -0.946. The van der Waals surface area contributed by atoms with Crippen molar-refractivity contribution in [1.29, 1.82) is 0 Å². The zero-order valence-corrected chi connectivity index (χ0v) is 13.5. The van der Waals surface area contributed by atoms with Crippen molar-refractivity contribution in [2.75, 3.05) is 13.2 Å². The third kappa shape index (κ3) is 4.56. The maximum absolute atomic E-state index is 13.3. The lowest BCUT2D eigenvalue weighted by atomic mass is 10.0. The fourth-order valence-corrected chi connectivity index (χ4v) is 2.93. The summed E-state index contributed by atoms with van der Waals surface area (Å²) >= 11 is 1.12. The summed E-state index contributed by atoms with van der Waals surface area (Å²) in [6.07, 6.45) is 2.92. The summed E-state index contributed by atoms with van der Waals surface area (Å²) < 4.78 is 26.2. The molecule has 2 rings (SSSR count). The molecule has 0 bridgehead atoms. The highest BCUT2D eigenvalue weighted by molar-refractivity contribution is 7.16. The first kappa shape index (κ1) is 17.5. The number of thiazole rings is 1. The zero-order chi connectivity index (χ0) is 16.8. The van der Waals surface area contributed by atoms with Crippen LogP contribution in [0.3, 0.4) is 0 Å². The molecule has 0 aliphatic carbocycles. The molecule has 7 heteroatoms. The molecule has 0 spiro atoms. The lowest BCUT2D eigenvalue weighted by Gasteiger charge is -2.13. The Bertz CT molecular complexity index is 676. The van der Waals surface area contributed by atoms with Crippen LogP contribution in [0.5, 0.6) is 0 Å². The molecule has 124 valence electrons. The van der Waals surface area contributed by atoms with Gasteiger partial charge in [0.25, 0.3) is 5.91 Å². The van der Waals surface area contributed by atoms with Gasteiger partial charge in [-0.15, -0.1) is 11.3 Å². The van der Waals surface area contributed by atoms with Crippen molar-refractivity contribution in [2.24, 2.45) is 5.92 Å². The van der Waals surface area contributed by atoms with E-state index in [2.05, 4.69) is 10.3 Å². The van der Waals surface area contributed by atoms with Crippen molar-refractivity contribution >= 4 is 17.2 Å². The first-order valence-corrected chi connectivity index (χ1v) is 8.17. The van der Waals surface area contributed by atoms with E-state index in [9.17, 15) is 13.6 Å². The van der Waals surface area contributed by atoms with Crippen LogP contribution < -0.4 is 5.32 Å². The number of nitrogens with one attached hydrogen (secondary N) is 1.